The number of carbonyl (C=O) groups is 4. The highest BCUT2D eigenvalue weighted by molar-refractivity contribution is 6.14. The average molecular weight is 280 g/mol. The van der Waals surface area contributed by atoms with Gasteiger partial charge in [0.25, 0.3) is 11.9 Å². The summed E-state index contributed by atoms with van der Waals surface area (Å²) in [4.78, 5) is 43.3. The van der Waals surface area contributed by atoms with Gasteiger partial charge in [0.2, 0.25) is 5.92 Å². The van der Waals surface area contributed by atoms with E-state index in [2.05, 4.69) is 0 Å². The van der Waals surface area contributed by atoms with Crippen LogP contribution in [0.4, 0.5) is 0 Å². The predicted octanol–water partition coefficient (Wildman–Crippen LogP) is -0.130. The minimum atomic E-state index is -1.72. The van der Waals surface area contributed by atoms with Crippen LogP contribution in [0.15, 0.2) is 24.3 Å². The minimum absolute atomic E-state index is 0.303. The maximum absolute atomic E-state index is 10.8. The van der Waals surface area contributed by atoms with Gasteiger partial charge in [0.05, 0.1) is 0 Å². The van der Waals surface area contributed by atoms with Crippen molar-refractivity contribution in [2.75, 3.05) is 0 Å². The van der Waals surface area contributed by atoms with Crippen molar-refractivity contribution in [2.45, 2.75) is 0 Å². The molecular weight excluding hydrogens is 272 g/mol. The highest BCUT2D eigenvalue weighted by atomic mass is 16.4. The molecule has 0 aliphatic carbocycles. The molecule has 8 heteroatoms. The van der Waals surface area contributed by atoms with Crippen molar-refractivity contribution in [1.82, 2.24) is 0 Å². The van der Waals surface area contributed by atoms with Crippen LogP contribution in [-0.2, 0) is 19.2 Å². The first-order valence-electron chi connectivity index (χ1n) is 5.03. The van der Waals surface area contributed by atoms with Gasteiger partial charge in [0.15, 0.2) is 0 Å². The van der Waals surface area contributed by atoms with Gasteiger partial charge in [-0.05, 0) is 0 Å². The van der Waals surface area contributed by atoms with Gasteiger partial charge in [0, 0.05) is 17.5 Å². The molecule has 0 unspecified atom stereocenters. The van der Waals surface area contributed by atoms with Crippen LogP contribution in [0.5, 0.6) is 0 Å². The number of hydrogen-bond donors (Lipinski definition) is 4. The highest BCUT2D eigenvalue weighted by Crippen LogP contribution is 2.22. The summed E-state index contributed by atoms with van der Waals surface area (Å²) in [7, 11) is 0. The molecule has 1 rings (SSSR count). The molecule has 0 heterocycles. The van der Waals surface area contributed by atoms with Crippen molar-refractivity contribution in [2.24, 2.45) is 0 Å². The monoisotopic (exact) mass is 280 g/mol. The fourth-order valence-electron chi connectivity index (χ4n) is 1.51. The molecule has 0 aromatic heterocycles. The van der Waals surface area contributed by atoms with Crippen LogP contribution >= 0.6 is 0 Å². The van der Waals surface area contributed by atoms with Crippen LogP contribution in [-0.4, -0.2) is 44.3 Å². The van der Waals surface area contributed by atoms with E-state index in [0.29, 0.717) is 0 Å². The maximum atomic E-state index is 10.8. The largest absolute Gasteiger partial charge is 0.487 e. The molecule has 0 bridgehead atoms. The van der Waals surface area contributed by atoms with Crippen LogP contribution in [0.2, 0.25) is 0 Å². The normalized spacial score (nSPS) is 9.60. The van der Waals surface area contributed by atoms with Crippen LogP contribution in [0.25, 0.3) is 0 Å². The Bertz CT molecular complexity index is 501. The van der Waals surface area contributed by atoms with E-state index >= 15 is 0 Å². The third kappa shape index (κ3) is 2.99. The summed E-state index contributed by atoms with van der Waals surface area (Å²) >= 11 is 0. The number of rotatable bonds is 6. The molecule has 0 saturated carbocycles. The number of benzene rings is 1. The van der Waals surface area contributed by atoms with E-state index in [9.17, 15) is 19.2 Å². The second-order valence-corrected chi connectivity index (χ2v) is 3.55. The van der Waals surface area contributed by atoms with Gasteiger partial charge < -0.3 is 20.4 Å². The zero-order chi connectivity index (χ0) is 15.4. The molecule has 0 fully saturated rings. The Morgan fingerprint density at radius 2 is 1.40 bits per heavy atom. The third-order valence-corrected chi connectivity index (χ3v) is 2.30. The van der Waals surface area contributed by atoms with Gasteiger partial charge in [-0.3, -0.25) is 9.59 Å². The molecule has 20 heavy (non-hydrogen) atoms. The molecule has 0 aliphatic rings. The van der Waals surface area contributed by atoms with Crippen molar-refractivity contribution in [3.05, 3.63) is 47.2 Å². The van der Waals surface area contributed by atoms with Gasteiger partial charge in [-0.15, -0.1) is 12.1 Å². The fourth-order valence-corrected chi connectivity index (χ4v) is 1.51. The fraction of sp³-hybridized carbons (Fsp3) is 0. The SMILES string of the molecule is O=C(O)[C+](C(=O)O)c1cccc([C-](C(=O)O)C(=O)O)c1. The highest BCUT2D eigenvalue weighted by Gasteiger charge is 2.34. The molecule has 104 valence electrons. The molecule has 4 N–H and O–H groups in total. The van der Waals surface area contributed by atoms with E-state index in [1.54, 1.807) is 0 Å². The Balaban J connectivity index is 3.31. The van der Waals surface area contributed by atoms with Gasteiger partial charge in [-0.1, -0.05) is 6.07 Å². The summed E-state index contributed by atoms with van der Waals surface area (Å²) in [6.07, 6.45) is 0. The summed E-state index contributed by atoms with van der Waals surface area (Å²) in [5.41, 5.74) is -0.606. The maximum Gasteiger partial charge on any atom is 0.399 e. The zero-order valence-corrected chi connectivity index (χ0v) is 9.73. The smallest absolute Gasteiger partial charge is 0.399 e. The second-order valence-electron chi connectivity index (χ2n) is 3.55. The van der Waals surface area contributed by atoms with E-state index in [1.807, 2.05) is 0 Å². The predicted molar refractivity (Wildman–Crippen MR) is 61.7 cm³/mol. The van der Waals surface area contributed by atoms with Crippen molar-refractivity contribution >= 4 is 23.9 Å². The molecule has 0 radical (unpaired) electrons. The molecule has 0 aliphatic heterocycles. The minimum Gasteiger partial charge on any atom is -0.487 e. The molecule has 0 spiro atoms. The van der Waals surface area contributed by atoms with Gasteiger partial charge in [-0.25, -0.2) is 9.59 Å². The standard InChI is InChI=1S/C12H8O8/c13-9(14)7(10(15)16)5-2-1-3-6(4-5)8(11(17)18)12(19)20/h1-4H,(H,13,14)(H,15,16)(H,17,18)(H,19,20). The first-order chi connectivity index (χ1) is 9.25. The third-order valence-electron chi connectivity index (χ3n) is 2.30. The van der Waals surface area contributed by atoms with Crippen molar-refractivity contribution in [3.8, 4) is 0 Å². The molecular formula is C12H8O8. The van der Waals surface area contributed by atoms with E-state index in [0.717, 1.165) is 18.2 Å². The van der Waals surface area contributed by atoms with Crippen molar-refractivity contribution < 1.29 is 39.6 Å². The lowest BCUT2D eigenvalue weighted by Gasteiger charge is -2.16. The van der Waals surface area contributed by atoms with E-state index in [4.69, 9.17) is 20.4 Å². The zero-order valence-electron chi connectivity index (χ0n) is 9.73. The van der Waals surface area contributed by atoms with Crippen molar-refractivity contribution in [3.63, 3.8) is 0 Å². The van der Waals surface area contributed by atoms with E-state index in [1.165, 1.54) is 6.07 Å². The van der Waals surface area contributed by atoms with Crippen LogP contribution in [0, 0.1) is 11.8 Å². The van der Waals surface area contributed by atoms with Crippen LogP contribution < -0.4 is 0 Å². The molecule has 0 saturated heterocycles. The van der Waals surface area contributed by atoms with Gasteiger partial charge >= 0.3 is 11.9 Å². The molecule has 1 aromatic carbocycles. The Kier molecular flexibility index (Phi) is 4.21. The van der Waals surface area contributed by atoms with E-state index in [-0.39, 0.29) is 11.1 Å². The van der Waals surface area contributed by atoms with Crippen LogP contribution in [0.1, 0.15) is 11.1 Å². The summed E-state index contributed by atoms with van der Waals surface area (Å²) in [5, 5.41) is 35.2. The van der Waals surface area contributed by atoms with Gasteiger partial charge in [0.1, 0.15) is 0 Å². The molecule has 0 amide bonds. The first kappa shape index (κ1) is 14.9. The first-order valence-corrected chi connectivity index (χ1v) is 5.03. The Morgan fingerprint density at radius 1 is 0.900 bits per heavy atom. The molecule has 0 atom stereocenters. The number of hydrogen-bond acceptors (Lipinski definition) is 4. The molecule has 8 nitrogen and oxygen atoms in total. The molecule has 1 aromatic rings. The van der Waals surface area contributed by atoms with E-state index < -0.39 is 35.7 Å². The quantitative estimate of drug-likeness (QED) is 0.415. The Hall–Kier alpha value is -3.16. The summed E-state index contributed by atoms with van der Waals surface area (Å²) in [6.45, 7) is 0. The summed E-state index contributed by atoms with van der Waals surface area (Å²) in [5.74, 6) is -8.85. The van der Waals surface area contributed by atoms with Crippen molar-refractivity contribution in [1.29, 1.82) is 0 Å². The van der Waals surface area contributed by atoms with Crippen LogP contribution in [0.3, 0.4) is 0 Å². The lowest BCUT2D eigenvalue weighted by molar-refractivity contribution is -0.144. The topological polar surface area (TPSA) is 149 Å². The Morgan fingerprint density at radius 3 is 1.80 bits per heavy atom. The van der Waals surface area contributed by atoms with Gasteiger partial charge in [-0.2, -0.15) is 5.56 Å². The summed E-state index contributed by atoms with van der Waals surface area (Å²) < 4.78 is 0. The Labute approximate surface area is 111 Å². The number of carboxylic acid groups (broad SMARTS) is 4. The lowest BCUT2D eigenvalue weighted by atomic mass is 9.92. The number of carboxylic acids is 4. The second kappa shape index (κ2) is 5.65. The summed E-state index contributed by atoms with van der Waals surface area (Å²) in [6, 6.07) is 4.31. The lowest BCUT2D eigenvalue weighted by Crippen LogP contribution is -2.24. The average Bonchev–Trinajstić information content (AvgIpc) is 2.27. The number of aliphatic carboxylic acids is 4.